The van der Waals surface area contributed by atoms with E-state index >= 15 is 0 Å². The van der Waals surface area contributed by atoms with Crippen LogP contribution in [0.3, 0.4) is 0 Å². The van der Waals surface area contributed by atoms with Crippen LogP contribution in [0.15, 0.2) is 24.3 Å². The minimum Gasteiger partial charge on any atom is -0.399 e. The van der Waals surface area contributed by atoms with E-state index in [-0.39, 0.29) is 18.3 Å². The van der Waals surface area contributed by atoms with Crippen molar-refractivity contribution in [2.24, 2.45) is 5.92 Å². The fraction of sp³-hybridized carbons (Fsp3) is 0.500. The van der Waals surface area contributed by atoms with Crippen LogP contribution in [0.2, 0.25) is 0 Å². The zero-order valence-electron chi connectivity index (χ0n) is 10.8. The zero-order chi connectivity index (χ0) is 12.3. The van der Waals surface area contributed by atoms with E-state index in [9.17, 15) is 4.79 Å². The lowest BCUT2D eigenvalue weighted by molar-refractivity contribution is -0.132. The predicted molar refractivity (Wildman–Crippen MR) is 76.8 cm³/mol. The molecule has 1 saturated heterocycles. The smallest absolute Gasteiger partial charge is 0.226 e. The summed E-state index contributed by atoms with van der Waals surface area (Å²) in [7, 11) is 0. The van der Waals surface area contributed by atoms with Crippen LogP contribution in [0.4, 0.5) is 5.69 Å². The van der Waals surface area contributed by atoms with Crippen LogP contribution in [-0.2, 0) is 11.2 Å². The van der Waals surface area contributed by atoms with Crippen molar-refractivity contribution in [1.82, 2.24) is 4.90 Å². The molecule has 1 amide bonds. The van der Waals surface area contributed by atoms with Gasteiger partial charge in [-0.2, -0.15) is 0 Å². The first kappa shape index (κ1) is 14.8. The molecule has 1 aromatic carbocycles. The molecule has 1 atom stereocenters. The number of hydrogen-bond donors (Lipinski definition) is 1. The normalized spacial score (nSPS) is 19.2. The second-order valence-corrected chi connectivity index (χ2v) is 5.01. The third kappa shape index (κ3) is 3.91. The number of anilines is 1. The molecule has 1 aliphatic heterocycles. The van der Waals surface area contributed by atoms with E-state index in [4.69, 9.17) is 5.73 Å². The first-order valence-corrected chi connectivity index (χ1v) is 6.27. The summed E-state index contributed by atoms with van der Waals surface area (Å²) in [6.07, 6.45) is 2.87. The van der Waals surface area contributed by atoms with Crippen molar-refractivity contribution in [3.05, 3.63) is 29.8 Å². The fourth-order valence-corrected chi connectivity index (χ4v) is 2.34. The second-order valence-electron chi connectivity index (χ2n) is 5.01. The van der Waals surface area contributed by atoms with Gasteiger partial charge in [0.05, 0.1) is 6.42 Å². The van der Waals surface area contributed by atoms with E-state index < -0.39 is 0 Å². The van der Waals surface area contributed by atoms with Gasteiger partial charge in [0.1, 0.15) is 0 Å². The Hall–Kier alpha value is -1.22. The van der Waals surface area contributed by atoms with Crippen molar-refractivity contribution >= 4 is 24.0 Å². The van der Waals surface area contributed by atoms with E-state index in [0.29, 0.717) is 12.3 Å². The van der Waals surface area contributed by atoms with E-state index in [1.807, 2.05) is 29.2 Å². The second kappa shape index (κ2) is 6.64. The van der Waals surface area contributed by atoms with Gasteiger partial charge in [-0.3, -0.25) is 4.79 Å². The third-order valence-corrected chi connectivity index (χ3v) is 3.34. The molecule has 2 rings (SSSR count). The van der Waals surface area contributed by atoms with Crippen LogP contribution >= 0.6 is 12.4 Å². The molecule has 3 nitrogen and oxygen atoms in total. The van der Waals surface area contributed by atoms with E-state index in [0.717, 1.165) is 30.8 Å². The van der Waals surface area contributed by atoms with E-state index in [2.05, 4.69) is 6.92 Å². The van der Waals surface area contributed by atoms with Crippen LogP contribution in [0.25, 0.3) is 0 Å². The van der Waals surface area contributed by atoms with Gasteiger partial charge < -0.3 is 10.6 Å². The van der Waals surface area contributed by atoms with Crippen LogP contribution in [-0.4, -0.2) is 23.9 Å². The molecule has 0 saturated carbocycles. The maximum atomic E-state index is 12.1. The number of benzene rings is 1. The Bertz CT molecular complexity index is 391. The third-order valence-electron chi connectivity index (χ3n) is 3.34. The summed E-state index contributed by atoms with van der Waals surface area (Å²) in [5.74, 6) is 0.875. The van der Waals surface area contributed by atoms with Gasteiger partial charge in [-0.05, 0) is 36.5 Å². The number of halogens is 1. The standard InChI is InChI=1S/C14H20N2O.ClH/c1-11-3-2-8-16(10-11)14(17)9-12-4-6-13(15)7-5-12;/h4-7,11H,2-3,8-10,15H2,1H3;1H. The molecule has 18 heavy (non-hydrogen) atoms. The summed E-state index contributed by atoms with van der Waals surface area (Å²) in [5.41, 5.74) is 7.41. The van der Waals surface area contributed by atoms with Gasteiger partial charge in [0, 0.05) is 18.8 Å². The van der Waals surface area contributed by atoms with E-state index in [1.54, 1.807) is 0 Å². The number of carbonyl (C=O) groups is 1. The molecule has 100 valence electrons. The maximum absolute atomic E-state index is 12.1. The number of carbonyl (C=O) groups excluding carboxylic acids is 1. The molecular formula is C14H21ClN2O. The molecule has 2 N–H and O–H groups in total. The minimum atomic E-state index is 0. The van der Waals surface area contributed by atoms with Gasteiger partial charge in [0.25, 0.3) is 0 Å². The van der Waals surface area contributed by atoms with Crippen molar-refractivity contribution in [3.63, 3.8) is 0 Å². The van der Waals surface area contributed by atoms with Crippen molar-refractivity contribution in [1.29, 1.82) is 0 Å². The first-order valence-electron chi connectivity index (χ1n) is 6.27. The van der Waals surface area contributed by atoms with E-state index in [1.165, 1.54) is 6.42 Å². The summed E-state index contributed by atoms with van der Waals surface area (Å²) >= 11 is 0. The average Bonchev–Trinajstić information content (AvgIpc) is 2.32. The van der Waals surface area contributed by atoms with Crippen LogP contribution in [0.5, 0.6) is 0 Å². The summed E-state index contributed by atoms with van der Waals surface area (Å²) < 4.78 is 0. The monoisotopic (exact) mass is 268 g/mol. The number of likely N-dealkylation sites (tertiary alicyclic amines) is 1. The summed E-state index contributed by atoms with van der Waals surface area (Å²) in [5, 5.41) is 0. The Balaban J connectivity index is 0.00000162. The molecular weight excluding hydrogens is 248 g/mol. The lowest BCUT2D eigenvalue weighted by atomic mass is 9.99. The Morgan fingerprint density at radius 3 is 2.67 bits per heavy atom. The van der Waals surface area contributed by atoms with Gasteiger partial charge >= 0.3 is 0 Å². The lowest BCUT2D eigenvalue weighted by Gasteiger charge is -2.31. The minimum absolute atomic E-state index is 0. The fourth-order valence-electron chi connectivity index (χ4n) is 2.34. The molecule has 1 heterocycles. The van der Waals surface area contributed by atoms with Crippen molar-refractivity contribution in [2.75, 3.05) is 18.8 Å². The van der Waals surface area contributed by atoms with Gasteiger partial charge in [0.2, 0.25) is 5.91 Å². The van der Waals surface area contributed by atoms with Crippen LogP contribution in [0.1, 0.15) is 25.3 Å². The number of nitrogen functional groups attached to an aromatic ring is 1. The van der Waals surface area contributed by atoms with Gasteiger partial charge in [-0.25, -0.2) is 0 Å². The van der Waals surface area contributed by atoms with Crippen LogP contribution < -0.4 is 5.73 Å². The highest BCUT2D eigenvalue weighted by molar-refractivity contribution is 5.85. The molecule has 1 aliphatic rings. The van der Waals surface area contributed by atoms with Crippen molar-refractivity contribution < 1.29 is 4.79 Å². The molecule has 0 radical (unpaired) electrons. The largest absolute Gasteiger partial charge is 0.399 e. The number of piperidine rings is 1. The Kier molecular flexibility index (Phi) is 5.48. The molecule has 1 aromatic rings. The number of amides is 1. The highest BCUT2D eigenvalue weighted by atomic mass is 35.5. The molecule has 0 bridgehead atoms. The molecule has 1 unspecified atom stereocenters. The highest BCUT2D eigenvalue weighted by Crippen LogP contribution is 2.16. The topological polar surface area (TPSA) is 46.3 Å². The molecule has 4 heteroatoms. The maximum Gasteiger partial charge on any atom is 0.226 e. The SMILES string of the molecule is CC1CCCN(C(=O)Cc2ccc(N)cc2)C1.Cl. The Labute approximate surface area is 115 Å². The van der Waals surface area contributed by atoms with Crippen molar-refractivity contribution in [3.8, 4) is 0 Å². The lowest BCUT2D eigenvalue weighted by Crippen LogP contribution is -2.39. The first-order chi connectivity index (χ1) is 8.15. The molecule has 0 aliphatic carbocycles. The molecule has 0 spiro atoms. The van der Waals surface area contributed by atoms with Gasteiger partial charge in [-0.15, -0.1) is 12.4 Å². The summed E-state index contributed by atoms with van der Waals surface area (Å²) in [6, 6.07) is 7.56. The van der Waals surface area contributed by atoms with Crippen LogP contribution in [0, 0.1) is 5.92 Å². The Morgan fingerprint density at radius 1 is 1.39 bits per heavy atom. The number of rotatable bonds is 2. The van der Waals surface area contributed by atoms with Gasteiger partial charge in [-0.1, -0.05) is 19.1 Å². The zero-order valence-corrected chi connectivity index (χ0v) is 11.6. The Morgan fingerprint density at radius 2 is 2.06 bits per heavy atom. The highest BCUT2D eigenvalue weighted by Gasteiger charge is 2.20. The van der Waals surface area contributed by atoms with Crippen molar-refractivity contribution in [2.45, 2.75) is 26.2 Å². The summed E-state index contributed by atoms with van der Waals surface area (Å²) in [4.78, 5) is 14.1. The quantitative estimate of drug-likeness (QED) is 0.838. The molecule has 1 fully saturated rings. The average molecular weight is 269 g/mol. The number of nitrogens with two attached hydrogens (primary N) is 1. The number of nitrogens with zero attached hydrogens (tertiary/aromatic N) is 1. The molecule has 0 aromatic heterocycles. The predicted octanol–water partition coefficient (Wildman–Crippen LogP) is 2.49. The summed E-state index contributed by atoms with van der Waals surface area (Å²) in [6.45, 7) is 4.04. The number of hydrogen-bond acceptors (Lipinski definition) is 2. The van der Waals surface area contributed by atoms with Gasteiger partial charge in [0.15, 0.2) is 0 Å².